The van der Waals surface area contributed by atoms with Gasteiger partial charge in [-0.05, 0) is 19.8 Å². The molecule has 0 saturated heterocycles. The minimum Gasteiger partial charge on any atom is -0.0917 e. The Bertz CT molecular complexity index is 228. The summed E-state index contributed by atoms with van der Waals surface area (Å²) < 4.78 is 0. The molecule has 0 N–H and O–H groups in total. The highest BCUT2D eigenvalue weighted by Crippen LogP contribution is 2.14. The Morgan fingerprint density at radius 1 is 0.417 bits per heavy atom. The van der Waals surface area contributed by atoms with Gasteiger partial charge < -0.3 is 0 Å². The first kappa shape index (κ1) is 23.7. The van der Waals surface area contributed by atoms with Gasteiger partial charge in [-0.3, -0.25) is 0 Å². The molecule has 0 heterocycles. The Kier molecular flexibility index (Phi) is 22.5. The van der Waals surface area contributed by atoms with Gasteiger partial charge in [0, 0.05) is 0 Å². The van der Waals surface area contributed by atoms with Gasteiger partial charge in [-0.2, -0.15) is 0 Å². The summed E-state index contributed by atoms with van der Waals surface area (Å²) in [6, 6.07) is 0. The highest BCUT2D eigenvalue weighted by molar-refractivity contribution is 4.76. The van der Waals surface area contributed by atoms with Gasteiger partial charge in [0.2, 0.25) is 0 Å². The van der Waals surface area contributed by atoms with Gasteiger partial charge in [-0.15, -0.1) is 0 Å². The lowest BCUT2D eigenvalue weighted by atomic mass is 10.0. The molecule has 0 heteroatoms. The molecule has 0 radical (unpaired) electrons. The van der Waals surface area contributed by atoms with Crippen LogP contribution in [-0.2, 0) is 0 Å². The van der Waals surface area contributed by atoms with Crippen molar-refractivity contribution in [3.63, 3.8) is 0 Å². The first-order valence-electron chi connectivity index (χ1n) is 11.5. The number of rotatable bonds is 20. The second-order valence-corrected chi connectivity index (χ2v) is 7.72. The Hall–Kier alpha value is -0.260. The molecule has 0 aliphatic heterocycles. The molecule has 0 rings (SSSR count). The van der Waals surface area contributed by atoms with E-state index in [0.717, 1.165) is 0 Å². The van der Waals surface area contributed by atoms with Crippen LogP contribution in [-0.4, -0.2) is 0 Å². The molecule has 0 aromatic rings. The molecule has 0 aromatic heterocycles. The van der Waals surface area contributed by atoms with Gasteiger partial charge in [-0.1, -0.05) is 135 Å². The Morgan fingerprint density at radius 2 is 0.708 bits per heavy atom. The molecule has 0 aromatic carbocycles. The van der Waals surface area contributed by atoms with Crippen LogP contribution in [0, 0.1) is 0 Å². The molecule has 0 spiro atoms. The van der Waals surface area contributed by atoms with Crippen molar-refractivity contribution in [2.75, 3.05) is 0 Å². The quantitative estimate of drug-likeness (QED) is 0.153. The fourth-order valence-corrected chi connectivity index (χ4v) is 3.51. The number of unbranched alkanes of at least 4 members (excludes halogenated alkanes) is 19. The van der Waals surface area contributed by atoms with Crippen molar-refractivity contribution < 1.29 is 0 Å². The molecule has 24 heavy (non-hydrogen) atoms. The van der Waals surface area contributed by atoms with Crippen LogP contribution < -0.4 is 0 Å². The molecule has 144 valence electrons. The largest absolute Gasteiger partial charge is 0.0917 e. The molecule has 0 unspecified atom stereocenters. The van der Waals surface area contributed by atoms with Gasteiger partial charge in [0.05, 0.1) is 0 Å². The van der Waals surface area contributed by atoms with E-state index in [4.69, 9.17) is 0 Å². The van der Waals surface area contributed by atoms with Gasteiger partial charge in [-0.25, -0.2) is 0 Å². The zero-order chi connectivity index (χ0) is 17.6. The summed E-state index contributed by atoms with van der Waals surface area (Å²) in [5.41, 5.74) is 0. The summed E-state index contributed by atoms with van der Waals surface area (Å²) in [6.07, 6.45) is 33.6. The average Bonchev–Trinajstić information content (AvgIpc) is 2.60. The van der Waals surface area contributed by atoms with Crippen LogP contribution in [0.15, 0.2) is 12.2 Å². The smallest absolute Gasteiger partial charge is 0.0351 e. The van der Waals surface area contributed by atoms with Crippen LogP contribution in [0.3, 0.4) is 0 Å². The van der Waals surface area contributed by atoms with E-state index >= 15 is 0 Å². The lowest BCUT2D eigenvalue weighted by Crippen LogP contribution is -1.84. The molecular weight excluding hydrogens is 288 g/mol. The predicted octanol–water partition coefficient (Wildman–Crippen LogP) is 9.38. The first-order chi connectivity index (χ1) is 11.9. The number of allylic oxidation sites excluding steroid dienone is 2. The minimum absolute atomic E-state index is 1.29. The van der Waals surface area contributed by atoms with E-state index in [1.54, 1.807) is 0 Å². The van der Waals surface area contributed by atoms with Crippen LogP contribution in [0.1, 0.15) is 142 Å². The molecule has 0 aliphatic rings. The summed E-state index contributed by atoms with van der Waals surface area (Å²) in [7, 11) is 0. The summed E-state index contributed by atoms with van der Waals surface area (Å²) in [5, 5.41) is 0. The van der Waals surface area contributed by atoms with Gasteiger partial charge in [0.25, 0.3) is 0 Å². The van der Waals surface area contributed by atoms with E-state index in [1.165, 1.54) is 128 Å². The van der Waals surface area contributed by atoms with Crippen molar-refractivity contribution >= 4 is 0 Å². The maximum atomic E-state index is 2.30. The molecule has 0 nitrogen and oxygen atoms in total. The van der Waals surface area contributed by atoms with Gasteiger partial charge >= 0.3 is 0 Å². The summed E-state index contributed by atoms with van der Waals surface area (Å²) in [5.74, 6) is 0. The van der Waals surface area contributed by atoms with Gasteiger partial charge in [0.15, 0.2) is 0 Å². The lowest BCUT2D eigenvalue weighted by molar-refractivity contribution is 0.523. The number of hydrogen-bond acceptors (Lipinski definition) is 0. The Labute approximate surface area is 154 Å². The van der Waals surface area contributed by atoms with Crippen molar-refractivity contribution in [2.45, 2.75) is 142 Å². The van der Waals surface area contributed by atoms with E-state index < -0.39 is 0 Å². The van der Waals surface area contributed by atoms with E-state index in [1.807, 2.05) is 0 Å². The molecule has 0 atom stereocenters. The molecule has 0 saturated carbocycles. The third-order valence-electron chi connectivity index (χ3n) is 5.21. The SMILES string of the molecule is CC=CCCCCCCCCCCCCCCCCCCCCC. The fraction of sp³-hybridized carbons (Fsp3) is 0.917. The second-order valence-electron chi connectivity index (χ2n) is 7.72. The standard InChI is InChI=1S/C24H48/c1-3-5-7-9-11-13-15-17-19-21-23-24-22-20-18-16-14-12-10-8-6-4-2/h3,5H,4,6-24H2,1-2H3. The van der Waals surface area contributed by atoms with E-state index in [-0.39, 0.29) is 0 Å². The van der Waals surface area contributed by atoms with Crippen molar-refractivity contribution in [3.05, 3.63) is 12.2 Å². The van der Waals surface area contributed by atoms with Crippen LogP contribution in [0.4, 0.5) is 0 Å². The third-order valence-corrected chi connectivity index (χ3v) is 5.21. The number of hydrogen-bond donors (Lipinski definition) is 0. The topological polar surface area (TPSA) is 0 Å². The average molecular weight is 337 g/mol. The highest BCUT2D eigenvalue weighted by Gasteiger charge is 1.95. The van der Waals surface area contributed by atoms with Crippen molar-refractivity contribution in [1.82, 2.24) is 0 Å². The van der Waals surface area contributed by atoms with Crippen molar-refractivity contribution in [1.29, 1.82) is 0 Å². The monoisotopic (exact) mass is 336 g/mol. The summed E-state index contributed by atoms with van der Waals surface area (Å²) in [6.45, 7) is 4.42. The van der Waals surface area contributed by atoms with E-state index in [9.17, 15) is 0 Å². The maximum absolute atomic E-state index is 2.30. The normalized spacial score (nSPS) is 11.6. The molecule has 0 amide bonds. The maximum Gasteiger partial charge on any atom is -0.0351 e. The minimum atomic E-state index is 1.29. The Balaban J connectivity index is 2.95. The third kappa shape index (κ3) is 21.7. The van der Waals surface area contributed by atoms with Crippen molar-refractivity contribution in [3.8, 4) is 0 Å². The van der Waals surface area contributed by atoms with E-state index in [2.05, 4.69) is 26.0 Å². The molecule has 0 bridgehead atoms. The highest BCUT2D eigenvalue weighted by atomic mass is 14.0. The summed E-state index contributed by atoms with van der Waals surface area (Å²) in [4.78, 5) is 0. The van der Waals surface area contributed by atoms with Gasteiger partial charge in [0.1, 0.15) is 0 Å². The fourth-order valence-electron chi connectivity index (χ4n) is 3.51. The van der Waals surface area contributed by atoms with E-state index in [0.29, 0.717) is 0 Å². The first-order valence-corrected chi connectivity index (χ1v) is 11.5. The molecular formula is C24H48. The molecule has 0 fully saturated rings. The van der Waals surface area contributed by atoms with Crippen LogP contribution >= 0.6 is 0 Å². The van der Waals surface area contributed by atoms with Crippen LogP contribution in [0.25, 0.3) is 0 Å². The van der Waals surface area contributed by atoms with Crippen LogP contribution in [0.2, 0.25) is 0 Å². The zero-order valence-corrected chi connectivity index (χ0v) is 17.3. The predicted molar refractivity (Wildman–Crippen MR) is 113 cm³/mol. The molecule has 0 aliphatic carbocycles. The summed E-state index contributed by atoms with van der Waals surface area (Å²) >= 11 is 0. The zero-order valence-electron chi connectivity index (χ0n) is 17.3. The second kappa shape index (κ2) is 22.7. The van der Waals surface area contributed by atoms with Crippen molar-refractivity contribution in [2.24, 2.45) is 0 Å². The lowest BCUT2D eigenvalue weighted by Gasteiger charge is -2.03. The Morgan fingerprint density at radius 3 is 1.00 bits per heavy atom. The van der Waals surface area contributed by atoms with Crippen LogP contribution in [0.5, 0.6) is 0 Å².